The van der Waals surface area contributed by atoms with Crippen LogP contribution >= 0.6 is 0 Å². The van der Waals surface area contributed by atoms with Crippen molar-refractivity contribution in [1.29, 1.82) is 0 Å². The van der Waals surface area contributed by atoms with E-state index in [2.05, 4.69) is 14.6 Å². The first kappa shape index (κ1) is 27.5. The Kier molecular flexibility index (Phi) is 8.04. The molecule has 0 aliphatic heterocycles. The van der Waals surface area contributed by atoms with E-state index in [4.69, 9.17) is 0 Å². The molecule has 1 aromatic heterocycles. The molecule has 0 aliphatic carbocycles. The van der Waals surface area contributed by atoms with Crippen LogP contribution in [0, 0.1) is 12.8 Å². The minimum atomic E-state index is -4.80. The van der Waals surface area contributed by atoms with Gasteiger partial charge in [-0.3, -0.25) is 9.40 Å². The zero-order valence-electron chi connectivity index (χ0n) is 21.1. The second-order valence-corrected chi connectivity index (χ2v) is 11.0. The number of benzene rings is 2. The molecule has 3 aromatic rings. The molecule has 36 heavy (non-hydrogen) atoms. The molecule has 0 saturated carbocycles. The highest BCUT2D eigenvalue weighted by Gasteiger charge is 2.32. The minimum absolute atomic E-state index is 0.0653. The number of sulfonamides is 1. The molecule has 7 nitrogen and oxygen atoms in total. The second-order valence-electron chi connectivity index (χ2n) is 9.37. The number of anilines is 1. The van der Waals surface area contributed by atoms with E-state index >= 15 is 0 Å². The first-order chi connectivity index (χ1) is 16.7. The summed E-state index contributed by atoms with van der Waals surface area (Å²) < 4.78 is 73.2. The van der Waals surface area contributed by atoms with Crippen molar-refractivity contribution >= 4 is 15.7 Å². The molecular weight excluding hydrogens is 493 g/mol. The van der Waals surface area contributed by atoms with Crippen LogP contribution in [0.3, 0.4) is 0 Å². The van der Waals surface area contributed by atoms with Gasteiger partial charge < -0.3 is 9.64 Å². The fourth-order valence-corrected chi connectivity index (χ4v) is 4.95. The van der Waals surface area contributed by atoms with Crippen molar-refractivity contribution in [3.8, 4) is 16.9 Å². The number of nitrogens with one attached hydrogen (secondary N) is 1. The maximum atomic E-state index is 13.1. The molecule has 0 amide bonds. The van der Waals surface area contributed by atoms with Crippen molar-refractivity contribution in [3.05, 3.63) is 59.4 Å². The van der Waals surface area contributed by atoms with Gasteiger partial charge in [0, 0.05) is 19.2 Å². The quantitative estimate of drug-likeness (QED) is 0.408. The van der Waals surface area contributed by atoms with Gasteiger partial charge in [-0.2, -0.15) is 5.10 Å². The third-order valence-electron chi connectivity index (χ3n) is 5.52. The molecule has 2 aromatic carbocycles. The molecular formula is C25H31F3N4O3S. The Balaban J connectivity index is 1.90. The van der Waals surface area contributed by atoms with Gasteiger partial charge in [-0.1, -0.05) is 32.0 Å². The second kappa shape index (κ2) is 10.5. The van der Waals surface area contributed by atoms with Crippen molar-refractivity contribution in [2.75, 3.05) is 18.8 Å². The molecule has 0 atom stereocenters. The van der Waals surface area contributed by atoms with Crippen LogP contribution in [0.4, 0.5) is 18.9 Å². The summed E-state index contributed by atoms with van der Waals surface area (Å²) in [7, 11) is 1.37. The lowest BCUT2D eigenvalue weighted by Crippen LogP contribution is -2.19. The van der Waals surface area contributed by atoms with Crippen molar-refractivity contribution in [2.45, 2.75) is 45.0 Å². The predicted octanol–water partition coefficient (Wildman–Crippen LogP) is 5.36. The summed E-state index contributed by atoms with van der Waals surface area (Å²) in [5.74, 6) is 0.0273. The summed E-state index contributed by atoms with van der Waals surface area (Å²) in [6.45, 7) is 6.10. The van der Waals surface area contributed by atoms with E-state index in [1.165, 1.54) is 24.3 Å². The predicted molar refractivity (Wildman–Crippen MR) is 133 cm³/mol. The van der Waals surface area contributed by atoms with Crippen molar-refractivity contribution in [3.63, 3.8) is 0 Å². The van der Waals surface area contributed by atoms with Crippen LogP contribution in [0.2, 0.25) is 0 Å². The smallest absolute Gasteiger partial charge is 0.405 e. The maximum Gasteiger partial charge on any atom is 0.573 e. The van der Waals surface area contributed by atoms with E-state index < -0.39 is 16.4 Å². The average Bonchev–Trinajstić information content (AvgIpc) is 3.00. The van der Waals surface area contributed by atoms with Crippen molar-refractivity contribution in [2.24, 2.45) is 13.0 Å². The van der Waals surface area contributed by atoms with Gasteiger partial charge in [-0.15, -0.1) is 13.2 Å². The number of aromatic nitrogens is 2. The van der Waals surface area contributed by atoms with E-state index in [1.807, 2.05) is 13.8 Å². The Morgan fingerprint density at radius 3 is 2.25 bits per heavy atom. The Morgan fingerprint density at radius 1 is 1.08 bits per heavy atom. The monoisotopic (exact) mass is 524 g/mol. The van der Waals surface area contributed by atoms with Crippen LogP contribution in [0.15, 0.2) is 47.4 Å². The highest BCUT2D eigenvalue weighted by atomic mass is 32.2. The fourth-order valence-electron chi connectivity index (χ4n) is 3.81. The molecule has 11 heteroatoms. The molecule has 0 unspecified atom stereocenters. The number of rotatable bonds is 9. The van der Waals surface area contributed by atoms with Gasteiger partial charge in [0.05, 0.1) is 22.0 Å². The topological polar surface area (TPSA) is 76.5 Å². The molecule has 0 fully saturated rings. The SMILES string of the molecule is Cc1c(NS(=O)(=O)c2ccc(-c3ccc(OC(F)(F)F)c(CN(C)C)c3)cc2)c(CC(C)C)nn1C. The highest BCUT2D eigenvalue weighted by Crippen LogP contribution is 2.32. The Labute approximate surface area is 209 Å². The lowest BCUT2D eigenvalue weighted by Gasteiger charge is -2.17. The van der Waals surface area contributed by atoms with Crippen LogP contribution in [-0.2, 0) is 30.0 Å². The summed E-state index contributed by atoms with van der Waals surface area (Å²) >= 11 is 0. The molecule has 0 saturated heterocycles. The Morgan fingerprint density at radius 2 is 1.69 bits per heavy atom. The molecule has 1 heterocycles. The Bertz CT molecular complexity index is 1320. The van der Waals surface area contributed by atoms with Crippen LogP contribution in [0.1, 0.15) is 30.8 Å². The third-order valence-corrected chi connectivity index (χ3v) is 6.88. The zero-order chi connectivity index (χ0) is 26.8. The lowest BCUT2D eigenvalue weighted by molar-refractivity contribution is -0.275. The van der Waals surface area contributed by atoms with Crippen LogP contribution in [0.25, 0.3) is 11.1 Å². The summed E-state index contributed by atoms with van der Waals surface area (Å²) in [6.07, 6.45) is -4.17. The van der Waals surface area contributed by atoms with Crippen LogP contribution < -0.4 is 9.46 Å². The van der Waals surface area contributed by atoms with Gasteiger partial charge in [-0.25, -0.2) is 8.42 Å². The summed E-state index contributed by atoms with van der Waals surface area (Å²) in [5.41, 5.74) is 3.52. The van der Waals surface area contributed by atoms with Gasteiger partial charge >= 0.3 is 6.36 Å². The fraction of sp³-hybridized carbons (Fsp3) is 0.400. The van der Waals surface area contributed by atoms with E-state index in [0.717, 1.165) is 0 Å². The first-order valence-electron chi connectivity index (χ1n) is 11.4. The minimum Gasteiger partial charge on any atom is -0.405 e. The number of halogens is 3. The van der Waals surface area contributed by atoms with E-state index in [0.29, 0.717) is 46.1 Å². The van der Waals surface area contributed by atoms with E-state index in [9.17, 15) is 21.6 Å². The lowest BCUT2D eigenvalue weighted by atomic mass is 10.0. The molecule has 0 aliphatic rings. The number of alkyl halides is 3. The first-order valence-corrected chi connectivity index (χ1v) is 12.8. The van der Waals surface area contributed by atoms with Gasteiger partial charge in [0.1, 0.15) is 5.75 Å². The van der Waals surface area contributed by atoms with Crippen molar-refractivity contribution < 1.29 is 26.3 Å². The molecule has 196 valence electrons. The van der Waals surface area contributed by atoms with Gasteiger partial charge in [0.2, 0.25) is 0 Å². The average molecular weight is 525 g/mol. The number of ether oxygens (including phenoxy) is 1. The molecule has 0 bridgehead atoms. The molecule has 0 radical (unpaired) electrons. The van der Waals surface area contributed by atoms with Gasteiger partial charge in [0.15, 0.2) is 0 Å². The van der Waals surface area contributed by atoms with E-state index in [-0.39, 0.29) is 17.2 Å². The highest BCUT2D eigenvalue weighted by molar-refractivity contribution is 7.92. The summed E-state index contributed by atoms with van der Waals surface area (Å²) in [4.78, 5) is 1.80. The molecule has 0 spiro atoms. The van der Waals surface area contributed by atoms with Gasteiger partial charge in [-0.05, 0) is 68.8 Å². The van der Waals surface area contributed by atoms with Crippen LogP contribution in [0.5, 0.6) is 5.75 Å². The molecule has 1 N–H and O–H groups in total. The number of nitrogens with zero attached hydrogens (tertiary/aromatic N) is 3. The number of hydrogen-bond acceptors (Lipinski definition) is 5. The standard InChI is InChI=1S/C25H31F3N4O3S/c1-16(2)13-22-24(17(3)32(6)29-22)30-36(33,34)21-10-7-18(8-11-21)19-9-12-23(35-25(26,27)28)20(14-19)15-31(4)5/h7-12,14,16,30H,13,15H2,1-6H3. The summed E-state index contributed by atoms with van der Waals surface area (Å²) in [5, 5.41) is 4.45. The van der Waals surface area contributed by atoms with Crippen LogP contribution in [-0.4, -0.2) is 43.6 Å². The largest absolute Gasteiger partial charge is 0.573 e. The normalized spacial score (nSPS) is 12.4. The number of aryl methyl sites for hydroxylation is 1. The van der Waals surface area contributed by atoms with Gasteiger partial charge in [0.25, 0.3) is 10.0 Å². The maximum absolute atomic E-state index is 13.1. The van der Waals surface area contributed by atoms with Crippen molar-refractivity contribution in [1.82, 2.24) is 14.7 Å². The van der Waals surface area contributed by atoms with E-state index in [1.54, 1.807) is 55.8 Å². The Hall–Kier alpha value is -3.05. The third kappa shape index (κ3) is 6.79. The number of hydrogen-bond donors (Lipinski definition) is 1. The molecule has 3 rings (SSSR count). The zero-order valence-corrected chi connectivity index (χ0v) is 22.0. The summed E-state index contributed by atoms with van der Waals surface area (Å²) in [6, 6.07) is 10.6.